The van der Waals surface area contributed by atoms with Gasteiger partial charge in [0.25, 0.3) is 5.91 Å². The number of likely N-dealkylation sites (N-methyl/N-ethyl adjacent to an activating group) is 1. The maximum Gasteiger partial charge on any atom is 0.322 e. The van der Waals surface area contributed by atoms with E-state index in [0.717, 1.165) is 78.0 Å². The number of carbonyl (C=O) groups excluding carboxylic acids is 3. The maximum absolute atomic E-state index is 15.4. The molecule has 336 valence electrons. The first-order valence-corrected chi connectivity index (χ1v) is 23.1. The summed E-state index contributed by atoms with van der Waals surface area (Å²) in [5.74, 6) is -0.621. The number of aromatic nitrogens is 1. The van der Waals surface area contributed by atoms with Crippen molar-refractivity contribution < 1.29 is 33.7 Å². The zero-order valence-electron chi connectivity index (χ0n) is 37.9. The molecule has 1 saturated heterocycles. The van der Waals surface area contributed by atoms with E-state index < -0.39 is 40.0 Å². The smallest absolute Gasteiger partial charge is 0.322 e. The number of aliphatic hydroxyl groups is 1. The number of rotatable bonds is 9. The Morgan fingerprint density at radius 3 is 2.50 bits per heavy atom. The number of hydrogen-bond donors (Lipinski definition) is 3. The molecule has 12 heteroatoms. The molecule has 6 aliphatic rings. The number of H-pyrrole nitrogens is 1. The molecule has 9 atom stereocenters. The van der Waals surface area contributed by atoms with Gasteiger partial charge >= 0.3 is 11.9 Å². The number of hydrogen-bond acceptors (Lipinski definition) is 10. The van der Waals surface area contributed by atoms with Gasteiger partial charge in [-0.25, -0.2) is 0 Å². The molecule has 12 nitrogen and oxygen atoms in total. The predicted octanol–water partition coefficient (Wildman–Crippen LogP) is 6.05. The summed E-state index contributed by atoms with van der Waals surface area (Å²) in [4.78, 5) is 53.6. The van der Waals surface area contributed by atoms with Crippen LogP contribution >= 0.6 is 0 Å². The van der Waals surface area contributed by atoms with Gasteiger partial charge in [0.2, 0.25) is 0 Å². The molecule has 10 rings (SSSR count). The van der Waals surface area contributed by atoms with E-state index in [1.165, 1.54) is 19.6 Å². The van der Waals surface area contributed by atoms with Crippen molar-refractivity contribution in [2.45, 2.75) is 87.5 Å². The Balaban J connectivity index is 1.24. The predicted molar refractivity (Wildman–Crippen MR) is 246 cm³/mol. The number of benzene rings is 3. The van der Waals surface area contributed by atoms with Gasteiger partial charge in [-0.1, -0.05) is 74.0 Å². The number of aromatic amines is 1. The first-order valence-electron chi connectivity index (χ1n) is 23.1. The van der Waals surface area contributed by atoms with E-state index in [4.69, 9.17) is 14.2 Å². The highest BCUT2D eigenvalue weighted by atomic mass is 16.6. The molecule has 2 unspecified atom stereocenters. The summed E-state index contributed by atoms with van der Waals surface area (Å²) in [6.45, 7) is 9.53. The number of esters is 2. The zero-order chi connectivity index (χ0) is 44.8. The number of amides is 1. The van der Waals surface area contributed by atoms with E-state index in [9.17, 15) is 14.7 Å². The number of nitrogens with one attached hydrogen (secondary N) is 2. The first-order chi connectivity index (χ1) is 30.9. The summed E-state index contributed by atoms with van der Waals surface area (Å²) in [7, 11) is 5.14. The Kier molecular flexibility index (Phi) is 10.4. The number of para-hydroxylation sites is 1. The van der Waals surface area contributed by atoms with Crippen molar-refractivity contribution >= 4 is 34.4 Å². The lowest BCUT2D eigenvalue weighted by Gasteiger charge is -2.64. The van der Waals surface area contributed by atoms with E-state index in [-0.39, 0.29) is 30.4 Å². The monoisotopic (exact) mass is 867 g/mol. The van der Waals surface area contributed by atoms with Gasteiger partial charge in [0.1, 0.15) is 22.9 Å². The Morgan fingerprint density at radius 1 is 0.984 bits per heavy atom. The van der Waals surface area contributed by atoms with E-state index in [0.29, 0.717) is 37.1 Å². The number of nitrogens with zero attached hydrogens (tertiary/aromatic N) is 3. The fraction of sp³-hybridized carbons (Fsp3) is 0.481. The first kappa shape index (κ1) is 42.5. The highest BCUT2D eigenvalue weighted by Gasteiger charge is 2.78. The second-order valence-corrected chi connectivity index (χ2v) is 19.2. The summed E-state index contributed by atoms with van der Waals surface area (Å²) in [6, 6.07) is 20.7. The highest BCUT2D eigenvalue weighted by molar-refractivity contribution is 5.95. The van der Waals surface area contributed by atoms with Crippen molar-refractivity contribution in [2.75, 3.05) is 65.4 Å². The minimum absolute atomic E-state index is 0.0300. The second-order valence-electron chi connectivity index (χ2n) is 19.2. The summed E-state index contributed by atoms with van der Waals surface area (Å²) >= 11 is 0. The standard InChI is InChI=1S/C52H61N5O7/c1-7-33-25-34-28-51(48(60)63-6,43-37(19-23-56(29-33)30-34)36-17-12-13-18-40(36)54-43)39-26-38-41(27-42(39)62-5)55(4)46-50(38)21-24-57-22-14-20-49(8-2,45(50)57)47(64-32(3)58)52(46,61)31-53-44(59)35-15-10-9-11-16-35/h9-18,20,25-27,34,45-47,54,61H,7-8,19,21-24,28-31H2,1-6H3,(H,53,59)/t34-,45-,46+,47+,49+,50+,51-,52?/m0/s1. The molecule has 2 fully saturated rings. The molecule has 3 aromatic carbocycles. The van der Waals surface area contributed by atoms with Crippen LogP contribution in [0.1, 0.15) is 79.2 Å². The van der Waals surface area contributed by atoms with E-state index in [1.807, 2.05) is 31.3 Å². The molecule has 6 heterocycles. The maximum atomic E-state index is 15.4. The fourth-order valence-electron chi connectivity index (χ4n) is 13.9. The van der Waals surface area contributed by atoms with Crippen LogP contribution in [-0.4, -0.2) is 122 Å². The van der Waals surface area contributed by atoms with Crippen LogP contribution in [-0.2, 0) is 36.3 Å². The van der Waals surface area contributed by atoms with Crippen molar-refractivity contribution in [3.8, 4) is 5.75 Å². The molecule has 64 heavy (non-hydrogen) atoms. The van der Waals surface area contributed by atoms with Crippen molar-refractivity contribution in [2.24, 2.45) is 11.3 Å². The van der Waals surface area contributed by atoms with Crippen molar-refractivity contribution in [1.82, 2.24) is 20.1 Å². The van der Waals surface area contributed by atoms with Gasteiger partial charge in [0.15, 0.2) is 0 Å². The largest absolute Gasteiger partial charge is 0.496 e. The molecule has 2 bridgehead atoms. The number of methoxy groups -OCH3 is 2. The Hall–Kier alpha value is -5.43. The van der Waals surface area contributed by atoms with Gasteiger partial charge in [-0.2, -0.15) is 0 Å². The van der Waals surface area contributed by atoms with Gasteiger partial charge in [-0.3, -0.25) is 24.2 Å². The molecule has 0 radical (unpaired) electrons. The third-order valence-corrected chi connectivity index (χ3v) is 16.2. The molecule has 1 saturated carbocycles. The van der Waals surface area contributed by atoms with Crippen molar-refractivity contribution in [3.63, 3.8) is 0 Å². The number of anilines is 1. The lowest BCUT2D eigenvalue weighted by molar-refractivity contribution is -0.216. The van der Waals surface area contributed by atoms with Gasteiger partial charge < -0.3 is 34.5 Å². The molecule has 1 spiro atoms. The molecule has 1 aromatic heterocycles. The van der Waals surface area contributed by atoms with Crippen LogP contribution in [0.15, 0.2) is 90.5 Å². The van der Waals surface area contributed by atoms with E-state index >= 15 is 4.79 Å². The number of ether oxygens (including phenoxy) is 3. The minimum Gasteiger partial charge on any atom is -0.496 e. The molecule has 5 aliphatic heterocycles. The molecule has 4 aromatic rings. The normalized spacial score (nSPS) is 32.5. The van der Waals surface area contributed by atoms with Crippen LogP contribution < -0.4 is 15.0 Å². The van der Waals surface area contributed by atoms with Crippen LogP contribution in [0.3, 0.4) is 0 Å². The average molecular weight is 868 g/mol. The lowest BCUT2D eigenvalue weighted by Crippen LogP contribution is -2.81. The SMILES string of the molecule is CCC1=C[C@@H]2CN(CCc3c([nH]c4ccccc34)[C@@](C(=O)OC)(c3cc4c(cc3OC)N(C)[C@H]3C(O)(CNC(=O)c5ccccc5)[C@H](OC(C)=O)[C@]5(CC)C=CCN6CC[C@]43[C@@H]65)C2)C1. The van der Waals surface area contributed by atoms with Gasteiger partial charge in [0.05, 0.1) is 26.8 Å². The van der Waals surface area contributed by atoms with Crippen LogP contribution in [0.2, 0.25) is 0 Å². The molecule has 1 amide bonds. The zero-order valence-corrected chi connectivity index (χ0v) is 37.9. The van der Waals surface area contributed by atoms with Gasteiger partial charge in [-0.05, 0) is 80.0 Å². The minimum atomic E-state index is -1.79. The topological polar surface area (TPSA) is 137 Å². The van der Waals surface area contributed by atoms with E-state index in [1.54, 1.807) is 19.2 Å². The van der Waals surface area contributed by atoms with Crippen LogP contribution in [0.5, 0.6) is 5.75 Å². The number of carbonyl (C=O) groups is 3. The Labute approximate surface area is 375 Å². The summed E-state index contributed by atoms with van der Waals surface area (Å²) in [5, 5.41) is 18.1. The van der Waals surface area contributed by atoms with Gasteiger partial charge in [-0.15, -0.1) is 0 Å². The third-order valence-electron chi connectivity index (χ3n) is 16.2. The lowest BCUT2D eigenvalue weighted by atomic mass is 9.47. The van der Waals surface area contributed by atoms with Gasteiger partial charge in [0, 0.05) is 96.5 Å². The third kappa shape index (κ3) is 5.93. The molecule has 1 aliphatic carbocycles. The summed E-state index contributed by atoms with van der Waals surface area (Å²) < 4.78 is 18.9. The van der Waals surface area contributed by atoms with Crippen LogP contribution in [0.4, 0.5) is 5.69 Å². The summed E-state index contributed by atoms with van der Waals surface area (Å²) in [5.41, 5.74) is 2.58. The second kappa shape index (κ2) is 15.6. The number of fused-ring (bicyclic) bond motifs is 6. The van der Waals surface area contributed by atoms with Crippen LogP contribution in [0, 0.1) is 11.3 Å². The highest BCUT2D eigenvalue weighted by Crippen LogP contribution is 2.68. The van der Waals surface area contributed by atoms with E-state index in [2.05, 4.69) is 87.4 Å². The average Bonchev–Trinajstić information content (AvgIpc) is 3.98. The van der Waals surface area contributed by atoms with Crippen molar-refractivity contribution in [1.29, 1.82) is 0 Å². The quantitative estimate of drug-likeness (QED) is 0.135. The van der Waals surface area contributed by atoms with Crippen LogP contribution in [0.25, 0.3) is 10.9 Å². The fourth-order valence-corrected chi connectivity index (χ4v) is 13.9. The molecular formula is C52H61N5O7. The molecule has 3 N–H and O–H groups in total. The van der Waals surface area contributed by atoms with Crippen molar-refractivity contribution in [3.05, 3.63) is 118 Å². The Morgan fingerprint density at radius 2 is 1.77 bits per heavy atom. The molecular weight excluding hydrogens is 807 g/mol. The Bertz CT molecular complexity index is 2590. The summed E-state index contributed by atoms with van der Waals surface area (Å²) in [6.07, 6.45) is 9.05.